The predicted molar refractivity (Wildman–Crippen MR) is 273 cm³/mol. The van der Waals surface area contributed by atoms with Crippen LogP contribution >= 0.6 is 0 Å². The van der Waals surface area contributed by atoms with Gasteiger partial charge in [0.1, 0.15) is 11.5 Å². The Morgan fingerprint density at radius 3 is 1.71 bits per heavy atom. The van der Waals surface area contributed by atoms with Crippen LogP contribution in [-0.2, 0) is 16.2 Å². The number of aromatic nitrogens is 2. The molecule has 0 saturated carbocycles. The van der Waals surface area contributed by atoms with E-state index in [-0.39, 0.29) is 10.8 Å². The fourth-order valence-corrected chi connectivity index (χ4v) is 15.4. The SMILES string of the molecule is [2H]C([2H])([2H])C1(C)c2ccccc2Oc2c(-c3cc([Si](c4ccccc4)(c4ccccc4)c4ccc(C(C)(C)C)c(-c5cccc6c5oc5nc7ccccc7n56)c4)ccc3C(C)(C)C)cccc21. The molecule has 11 rings (SSSR count). The molecule has 0 bridgehead atoms. The van der Waals surface area contributed by atoms with Crippen LogP contribution in [0, 0.1) is 0 Å². The summed E-state index contributed by atoms with van der Waals surface area (Å²) in [7, 11) is -3.25. The Labute approximate surface area is 387 Å². The maximum atomic E-state index is 9.01. The zero-order chi connectivity index (χ0) is 47.4. The summed E-state index contributed by atoms with van der Waals surface area (Å²) in [6.07, 6.45) is 0. The van der Waals surface area contributed by atoms with E-state index < -0.39 is 20.3 Å². The van der Waals surface area contributed by atoms with Crippen molar-refractivity contribution in [1.29, 1.82) is 0 Å². The van der Waals surface area contributed by atoms with E-state index in [1.165, 1.54) is 26.3 Å². The number of benzene rings is 8. The zero-order valence-corrected chi connectivity index (χ0v) is 39.0. The lowest BCUT2D eigenvalue weighted by atomic mass is 9.74. The minimum absolute atomic E-state index is 0.213. The minimum Gasteiger partial charge on any atom is -0.456 e. The van der Waals surface area contributed by atoms with Crippen molar-refractivity contribution in [3.05, 3.63) is 204 Å². The van der Waals surface area contributed by atoms with Gasteiger partial charge in [-0.25, -0.2) is 0 Å². The molecule has 1 aliphatic rings. The van der Waals surface area contributed by atoms with E-state index in [1.54, 1.807) is 0 Å². The van der Waals surface area contributed by atoms with Crippen LogP contribution in [0.25, 0.3) is 50.2 Å². The molecule has 1 aliphatic heterocycles. The molecule has 0 fully saturated rings. The lowest BCUT2D eigenvalue weighted by molar-refractivity contribution is 0.419. The first-order valence-corrected chi connectivity index (χ1v) is 24.6. The topological polar surface area (TPSA) is 39.7 Å². The van der Waals surface area contributed by atoms with Crippen LogP contribution in [0.4, 0.5) is 0 Å². The van der Waals surface area contributed by atoms with Gasteiger partial charge in [-0.1, -0.05) is 213 Å². The molecule has 0 saturated heterocycles. The van der Waals surface area contributed by atoms with E-state index in [2.05, 4.69) is 173 Å². The molecule has 1 unspecified atom stereocenters. The molecule has 4 nitrogen and oxygen atoms in total. The fourth-order valence-electron chi connectivity index (χ4n) is 10.6. The van der Waals surface area contributed by atoms with Gasteiger partial charge in [0, 0.05) is 31.8 Å². The normalized spacial score (nSPS) is 16.1. The number of rotatable bonds is 6. The summed E-state index contributed by atoms with van der Waals surface area (Å²) < 4.78 is 42.9. The van der Waals surface area contributed by atoms with Crippen molar-refractivity contribution in [2.45, 2.75) is 71.6 Å². The molecule has 0 spiro atoms. The smallest absolute Gasteiger partial charge is 0.307 e. The minimum atomic E-state index is -3.25. The van der Waals surface area contributed by atoms with Gasteiger partial charge in [-0.3, -0.25) is 4.40 Å². The number of para-hydroxylation sites is 5. The number of oxazole rings is 1. The average Bonchev–Trinajstić information content (AvgIpc) is 3.88. The summed E-state index contributed by atoms with van der Waals surface area (Å²) in [6, 6.07) is 64.6. The highest BCUT2D eigenvalue weighted by atomic mass is 28.3. The zero-order valence-electron chi connectivity index (χ0n) is 41.0. The summed E-state index contributed by atoms with van der Waals surface area (Å²) >= 11 is 0. The van der Waals surface area contributed by atoms with E-state index in [4.69, 9.17) is 18.3 Å². The third kappa shape index (κ3) is 6.35. The third-order valence-corrected chi connectivity index (χ3v) is 18.4. The van der Waals surface area contributed by atoms with Crippen molar-refractivity contribution in [2.24, 2.45) is 0 Å². The third-order valence-electron chi connectivity index (χ3n) is 13.7. The Morgan fingerprint density at radius 2 is 1.06 bits per heavy atom. The molecule has 2 aromatic heterocycles. The molecule has 5 heteroatoms. The molecule has 320 valence electrons. The molecular weight excluding hydrogens is 809 g/mol. The van der Waals surface area contributed by atoms with Gasteiger partial charge in [0.2, 0.25) is 0 Å². The molecule has 0 N–H and O–H groups in total. The van der Waals surface area contributed by atoms with Crippen molar-refractivity contribution in [3.63, 3.8) is 0 Å². The van der Waals surface area contributed by atoms with Crippen molar-refractivity contribution in [1.82, 2.24) is 9.38 Å². The van der Waals surface area contributed by atoms with Gasteiger partial charge in [-0.05, 0) is 78.1 Å². The van der Waals surface area contributed by atoms with Gasteiger partial charge in [-0.15, -0.1) is 0 Å². The van der Waals surface area contributed by atoms with Crippen LogP contribution in [-0.4, -0.2) is 17.5 Å². The highest BCUT2D eigenvalue weighted by Crippen LogP contribution is 2.52. The summed E-state index contributed by atoms with van der Waals surface area (Å²) in [5, 5.41) is 4.90. The van der Waals surface area contributed by atoms with Crippen LogP contribution in [0.1, 0.15) is 81.7 Å². The van der Waals surface area contributed by atoms with E-state index in [0.29, 0.717) is 28.5 Å². The summed E-state index contributed by atoms with van der Waals surface area (Å²) in [6.45, 7) is 13.1. The standard InChI is InChI=1S/C60H54N2O2Si/c1-58(2,3)47-35-33-41(37-45(47)43-25-19-28-50-55(43)63-54-32-18-15-27-49(54)60(50,7)8)65(39-21-11-9-12-22-39,40-23-13-10-14-24-40)42-34-36-48(59(4,5)6)46(38-42)44-26-20-31-53-56(44)64-57-61-51-29-16-17-30-52(51)62(53)57/h9-38H,1-8H3/i7D3. The van der Waals surface area contributed by atoms with Crippen LogP contribution in [0.15, 0.2) is 186 Å². The molecule has 65 heavy (non-hydrogen) atoms. The van der Waals surface area contributed by atoms with E-state index >= 15 is 0 Å². The monoisotopic (exact) mass is 865 g/mol. The van der Waals surface area contributed by atoms with Gasteiger partial charge in [0.25, 0.3) is 0 Å². The molecule has 10 aromatic rings. The molecular formula is C60H54N2O2Si. The Morgan fingerprint density at radius 1 is 0.523 bits per heavy atom. The Kier molecular flexibility index (Phi) is 8.52. The molecule has 0 aliphatic carbocycles. The maximum Gasteiger partial charge on any atom is 0.307 e. The number of hydrogen-bond acceptors (Lipinski definition) is 3. The largest absolute Gasteiger partial charge is 0.456 e. The number of ether oxygens (including phenoxy) is 1. The maximum absolute atomic E-state index is 9.01. The van der Waals surface area contributed by atoms with Gasteiger partial charge in [0.05, 0.1) is 16.6 Å². The Balaban J connectivity index is 1.22. The molecule has 0 radical (unpaired) electrons. The van der Waals surface area contributed by atoms with Gasteiger partial charge >= 0.3 is 5.84 Å². The molecule has 8 aromatic carbocycles. The van der Waals surface area contributed by atoms with Crippen molar-refractivity contribution in [3.8, 4) is 33.8 Å². The van der Waals surface area contributed by atoms with Crippen LogP contribution in [0.3, 0.4) is 0 Å². The number of fused-ring (bicyclic) bond motifs is 7. The second-order valence-electron chi connectivity index (χ2n) is 19.9. The molecule has 3 heterocycles. The Hall–Kier alpha value is -6.95. The summed E-state index contributed by atoms with van der Waals surface area (Å²) in [4.78, 5) is 4.92. The highest BCUT2D eigenvalue weighted by Gasteiger charge is 2.44. The van der Waals surface area contributed by atoms with Gasteiger partial charge in [-0.2, -0.15) is 4.98 Å². The van der Waals surface area contributed by atoms with E-state index in [1.807, 2.05) is 61.5 Å². The quantitative estimate of drug-likeness (QED) is 0.123. The fraction of sp³-hybridized carbons (Fsp3) is 0.183. The summed E-state index contributed by atoms with van der Waals surface area (Å²) in [5.74, 6) is 1.72. The number of imidazole rings is 1. The van der Waals surface area contributed by atoms with Crippen molar-refractivity contribution in [2.75, 3.05) is 0 Å². The van der Waals surface area contributed by atoms with E-state index in [9.17, 15) is 0 Å². The van der Waals surface area contributed by atoms with Crippen molar-refractivity contribution < 1.29 is 13.3 Å². The molecule has 0 amide bonds. The summed E-state index contributed by atoms with van der Waals surface area (Å²) in [5.41, 5.74) is 9.56. The first-order chi connectivity index (χ1) is 32.5. The second-order valence-corrected chi connectivity index (χ2v) is 23.7. The Bertz CT molecular complexity index is 3540. The highest BCUT2D eigenvalue weighted by molar-refractivity contribution is 7.20. The first kappa shape index (κ1) is 37.4. The predicted octanol–water partition coefficient (Wildman–Crippen LogP) is 13.0. The first-order valence-electron chi connectivity index (χ1n) is 24.1. The van der Waals surface area contributed by atoms with Crippen LogP contribution in [0.2, 0.25) is 0 Å². The van der Waals surface area contributed by atoms with Gasteiger partial charge in [0.15, 0.2) is 13.7 Å². The van der Waals surface area contributed by atoms with Crippen LogP contribution < -0.4 is 25.5 Å². The van der Waals surface area contributed by atoms with Gasteiger partial charge < -0.3 is 9.15 Å². The second kappa shape index (κ2) is 14.8. The van der Waals surface area contributed by atoms with Crippen molar-refractivity contribution >= 4 is 56.8 Å². The lowest BCUT2D eigenvalue weighted by Gasteiger charge is -2.38. The molecule has 1 atom stereocenters. The van der Waals surface area contributed by atoms with Crippen LogP contribution in [0.5, 0.6) is 11.5 Å². The van der Waals surface area contributed by atoms with E-state index in [0.717, 1.165) is 50.0 Å². The lowest BCUT2D eigenvalue weighted by Crippen LogP contribution is -2.74. The average molecular weight is 866 g/mol. The number of hydrogen-bond donors (Lipinski definition) is 0. The number of nitrogens with zero attached hydrogens (tertiary/aromatic N) is 2.